The lowest BCUT2D eigenvalue weighted by Gasteiger charge is -2.37. The summed E-state index contributed by atoms with van der Waals surface area (Å²) in [4.78, 5) is 68.5. The van der Waals surface area contributed by atoms with Crippen molar-refractivity contribution in [3.63, 3.8) is 0 Å². The first-order chi connectivity index (χ1) is 30.2. The maximum atomic E-state index is 14.8. The average molecular weight is 884 g/mol. The second-order valence-electron chi connectivity index (χ2n) is 18.2. The van der Waals surface area contributed by atoms with Gasteiger partial charge in [0.1, 0.15) is 23.2 Å². The molecule has 4 aliphatic rings. The average Bonchev–Trinajstić information content (AvgIpc) is 3.60. The molecule has 8 atom stereocenters. The van der Waals surface area contributed by atoms with Gasteiger partial charge in [0.15, 0.2) is 0 Å². The largest absolute Gasteiger partial charge is 0.464 e. The minimum atomic E-state index is -1.21. The van der Waals surface area contributed by atoms with Gasteiger partial charge in [-0.25, -0.2) is 10.4 Å². The van der Waals surface area contributed by atoms with Gasteiger partial charge in [-0.2, -0.15) is 0 Å². The fourth-order valence-electron chi connectivity index (χ4n) is 9.80. The van der Waals surface area contributed by atoms with Crippen molar-refractivity contribution >= 4 is 57.7 Å². The molecule has 15 heteroatoms. The lowest BCUT2D eigenvalue weighted by atomic mass is 9.84. The van der Waals surface area contributed by atoms with Crippen molar-refractivity contribution in [2.45, 2.75) is 124 Å². The highest BCUT2D eigenvalue weighted by molar-refractivity contribution is 7.10. The molecule has 3 fully saturated rings. The Morgan fingerprint density at radius 3 is 2.59 bits per heavy atom. The number of rotatable bonds is 11. The number of carbonyl (C=O) groups excluding carboxylic acids is 4. The van der Waals surface area contributed by atoms with Gasteiger partial charge in [0.2, 0.25) is 11.8 Å². The molecular weight excluding hydrogens is 819 g/mol. The number of methoxy groups -OCH3 is 1. The van der Waals surface area contributed by atoms with E-state index in [0.29, 0.717) is 49.6 Å². The number of aliphatic imine (C=N–C) groups is 1. The van der Waals surface area contributed by atoms with Crippen LogP contribution in [0.5, 0.6) is 0 Å². The standard InChI is InChI=1S/C48H65N7O7S/c1-11-31(39(49-12-2)29(7)60-10)41-33-24-48(8,9)26-62-47(59)34-18-16-22-55(52-34)46(58)40(51-43(56)37-28(6)38(37)45(57)54-21-15-17-27(54)5)42(61-14-4)44-50-35(25-63-44)30-19-20-36(32(33)23-30)53(41)13-3/h11-12,19-20,23,25,27-29,34,37-38,40,42,52H,1,13-18,21-22,24,26H2,2-10H3,(H,51,56)/b39-31+,49-12-/t27-,28+,29-,34-,37+,38+,40-,42-/m0/s1. The molecule has 63 heavy (non-hydrogen) atoms. The van der Waals surface area contributed by atoms with E-state index in [1.54, 1.807) is 13.3 Å². The Balaban J connectivity index is 1.35. The predicted molar refractivity (Wildman–Crippen MR) is 246 cm³/mol. The van der Waals surface area contributed by atoms with E-state index in [1.165, 1.54) is 16.3 Å². The number of hydrazine groups is 1. The van der Waals surface area contributed by atoms with Crippen LogP contribution < -0.4 is 10.7 Å². The number of allylic oxidation sites excluding steroid dienone is 2. The Morgan fingerprint density at radius 1 is 1.16 bits per heavy atom. The number of hydrogen-bond acceptors (Lipinski definition) is 11. The second kappa shape index (κ2) is 19.2. The number of ether oxygens (including phenoxy) is 3. The molecule has 3 amide bonds. The van der Waals surface area contributed by atoms with Crippen LogP contribution in [0.1, 0.15) is 103 Å². The van der Waals surface area contributed by atoms with Gasteiger partial charge in [0.05, 0.1) is 41.6 Å². The molecule has 0 unspecified atom stereocenters. The maximum Gasteiger partial charge on any atom is 0.324 e. The van der Waals surface area contributed by atoms with Crippen LogP contribution >= 0.6 is 11.3 Å². The van der Waals surface area contributed by atoms with Crippen molar-refractivity contribution in [1.82, 2.24) is 30.2 Å². The zero-order valence-corrected chi connectivity index (χ0v) is 39.2. The number of benzene rings is 1. The van der Waals surface area contributed by atoms with Gasteiger partial charge in [0, 0.05) is 78.4 Å². The Hall–Kier alpha value is -4.70. The number of aryl methyl sites for hydroxylation is 1. The van der Waals surface area contributed by atoms with Crippen molar-refractivity contribution in [3.8, 4) is 11.3 Å². The van der Waals surface area contributed by atoms with E-state index in [2.05, 4.69) is 60.9 Å². The molecular formula is C48H65N7O7S. The molecule has 1 aromatic carbocycles. The summed E-state index contributed by atoms with van der Waals surface area (Å²) >= 11 is 1.36. The maximum absolute atomic E-state index is 14.8. The molecule has 3 aromatic rings. The summed E-state index contributed by atoms with van der Waals surface area (Å²) in [5.41, 5.74) is 8.84. The summed E-state index contributed by atoms with van der Waals surface area (Å²) < 4.78 is 20.6. The zero-order valence-electron chi connectivity index (χ0n) is 38.4. The number of thiazole rings is 1. The summed E-state index contributed by atoms with van der Waals surface area (Å²) in [6.45, 7) is 22.2. The summed E-state index contributed by atoms with van der Waals surface area (Å²) in [5.74, 6) is -2.51. The highest BCUT2D eigenvalue weighted by atomic mass is 32.1. The van der Waals surface area contributed by atoms with E-state index in [-0.39, 0.29) is 43.1 Å². The fourth-order valence-corrected chi connectivity index (χ4v) is 10.7. The molecule has 6 bridgehead atoms. The molecule has 0 radical (unpaired) electrons. The second-order valence-corrected chi connectivity index (χ2v) is 19.1. The van der Waals surface area contributed by atoms with Gasteiger partial charge in [0.25, 0.3) is 5.91 Å². The first-order valence-electron chi connectivity index (χ1n) is 22.6. The lowest BCUT2D eigenvalue weighted by Crippen LogP contribution is -2.61. The van der Waals surface area contributed by atoms with Crippen LogP contribution in [-0.2, 0) is 46.4 Å². The molecule has 7 rings (SSSR count). The quantitative estimate of drug-likeness (QED) is 0.119. The molecule has 2 aromatic heterocycles. The van der Waals surface area contributed by atoms with Gasteiger partial charge in [-0.05, 0) is 90.3 Å². The van der Waals surface area contributed by atoms with E-state index in [4.69, 9.17) is 24.2 Å². The van der Waals surface area contributed by atoms with Crippen LogP contribution in [0, 0.1) is 23.2 Å². The molecule has 340 valence electrons. The summed E-state index contributed by atoms with van der Waals surface area (Å²) in [7, 11) is 1.67. The molecule has 5 heterocycles. The Bertz CT molecular complexity index is 2300. The van der Waals surface area contributed by atoms with Crippen molar-refractivity contribution in [2.24, 2.45) is 28.2 Å². The SMILES string of the molecule is C=C/C(=C(\N=C/C)[C@H](C)OC)c1c2c3cc(ccc3n1CC)-c1csc(n1)[C@@H](OCC)[C@H](NC(=O)[C@@H]1[C@@H](C)[C@H]1C(=O)N1CCC[C@@H]1C)C(=O)N1CCC[C@H](N1)C(=O)OCC(C)(C)C2. The summed E-state index contributed by atoms with van der Waals surface area (Å²) in [6.07, 6.45) is 5.77. The Morgan fingerprint density at radius 2 is 1.92 bits per heavy atom. The number of amides is 3. The third kappa shape index (κ3) is 9.16. The van der Waals surface area contributed by atoms with Crippen molar-refractivity contribution in [3.05, 3.63) is 58.2 Å². The van der Waals surface area contributed by atoms with Gasteiger partial charge < -0.3 is 29.0 Å². The molecule has 0 spiro atoms. The van der Waals surface area contributed by atoms with Gasteiger partial charge in [-0.3, -0.25) is 29.2 Å². The molecule has 2 N–H and O–H groups in total. The number of esters is 1. The molecule has 1 aliphatic carbocycles. The Labute approximate surface area is 375 Å². The number of nitrogens with zero attached hydrogens (tertiary/aromatic N) is 5. The number of cyclic esters (lactones) is 1. The van der Waals surface area contributed by atoms with Crippen molar-refractivity contribution < 1.29 is 33.4 Å². The summed E-state index contributed by atoms with van der Waals surface area (Å²) in [6, 6.07) is 4.45. The number of carbonyl (C=O) groups is 4. The predicted octanol–water partition coefficient (Wildman–Crippen LogP) is 6.88. The first-order valence-corrected chi connectivity index (χ1v) is 23.5. The molecule has 3 aliphatic heterocycles. The number of nitrogens with one attached hydrogen (secondary N) is 2. The highest BCUT2D eigenvalue weighted by Gasteiger charge is 2.58. The van der Waals surface area contributed by atoms with Gasteiger partial charge >= 0.3 is 5.97 Å². The fraction of sp³-hybridized carbons (Fsp3) is 0.583. The smallest absolute Gasteiger partial charge is 0.324 e. The Kier molecular flexibility index (Phi) is 14.1. The van der Waals surface area contributed by atoms with Crippen LogP contribution in [0.25, 0.3) is 27.7 Å². The van der Waals surface area contributed by atoms with Crippen LogP contribution in [0.15, 0.2) is 46.9 Å². The lowest BCUT2D eigenvalue weighted by molar-refractivity contribution is -0.156. The van der Waals surface area contributed by atoms with E-state index in [9.17, 15) is 19.2 Å². The first kappa shape index (κ1) is 46.3. The van der Waals surface area contributed by atoms with Crippen molar-refractivity contribution in [1.29, 1.82) is 0 Å². The monoisotopic (exact) mass is 883 g/mol. The van der Waals surface area contributed by atoms with Crippen LogP contribution in [0.3, 0.4) is 0 Å². The van der Waals surface area contributed by atoms with E-state index < -0.39 is 47.3 Å². The number of aromatic nitrogens is 2. The van der Waals surface area contributed by atoms with E-state index in [1.807, 2.05) is 51.0 Å². The topological polar surface area (TPSA) is 157 Å². The molecule has 14 nitrogen and oxygen atoms in total. The minimum absolute atomic E-state index is 0.00505. The van der Waals surface area contributed by atoms with Gasteiger partial charge in [-0.1, -0.05) is 39.5 Å². The number of hydrogen-bond donors (Lipinski definition) is 2. The third-order valence-corrected chi connectivity index (χ3v) is 14.2. The normalized spacial score (nSPS) is 27.2. The van der Waals surface area contributed by atoms with E-state index in [0.717, 1.165) is 51.8 Å². The van der Waals surface area contributed by atoms with Gasteiger partial charge in [-0.15, -0.1) is 11.3 Å². The number of fused-ring (bicyclic) bond motifs is 6. The van der Waals surface area contributed by atoms with Crippen LogP contribution in [0.2, 0.25) is 0 Å². The van der Waals surface area contributed by atoms with E-state index >= 15 is 0 Å². The highest BCUT2D eigenvalue weighted by Crippen LogP contribution is 2.48. The molecule has 2 saturated heterocycles. The number of likely N-dealkylation sites (tertiary alicyclic amines) is 1. The van der Waals surface area contributed by atoms with Crippen molar-refractivity contribution in [2.75, 3.05) is 33.4 Å². The van der Waals surface area contributed by atoms with Crippen LogP contribution in [0.4, 0.5) is 0 Å². The zero-order chi connectivity index (χ0) is 45.3. The van der Waals surface area contributed by atoms with Crippen LogP contribution in [-0.4, -0.2) is 107 Å². The minimum Gasteiger partial charge on any atom is -0.464 e. The third-order valence-electron chi connectivity index (χ3n) is 13.3. The molecule has 1 saturated carbocycles. The summed E-state index contributed by atoms with van der Waals surface area (Å²) in [5, 5.41) is 7.97.